The molecular formula is C17H18ClN3O2. The molecule has 1 aromatic carbocycles. The van der Waals surface area contributed by atoms with Crippen molar-refractivity contribution < 1.29 is 9.90 Å². The number of benzene rings is 1. The third-order valence-corrected chi connectivity index (χ3v) is 4.72. The van der Waals surface area contributed by atoms with Gasteiger partial charge in [-0.25, -0.2) is 9.97 Å². The van der Waals surface area contributed by atoms with Gasteiger partial charge >= 0.3 is 5.97 Å². The highest BCUT2D eigenvalue weighted by molar-refractivity contribution is 6.30. The molecule has 6 heteroatoms. The largest absolute Gasteiger partial charge is 0.481 e. The number of rotatable bonds is 4. The Kier molecular flexibility index (Phi) is 4.48. The molecule has 0 spiro atoms. The number of carbonyl (C=O) groups is 1. The molecule has 1 fully saturated rings. The van der Waals surface area contributed by atoms with Crippen LogP contribution >= 0.6 is 11.6 Å². The number of aromatic nitrogens is 2. The Labute approximate surface area is 139 Å². The Morgan fingerprint density at radius 2 is 1.78 bits per heavy atom. The zero-order chi connectivity index (χ0) is 16.3. The SMILES string of the molecule is O=C(O)C1(Cc2ccc(Cl)cc2)CCN(c2ncccn2)CC1. The van der Waals surface area contributed by atoms with Crippen LogP contribution in [0.2, 0.25) is 5.02 Å². The first-order valence-electron chi connectivity index (χ1n) is 7.59. The predicted molar refractivity (Wildman–Crippen MR) is 88.7 cm³/mol. The van der Waals surface area contributed by atoms with E-state index in [2.05, 4.69) is 9.97 Å². The zero-order valence-corrected chi connectivity index (χ0v) is 13.4. The number of hydrogen-bond donors (Lipinski definition) is 1. The molecule has 1 aromatic heterocycles. The topological polar surface area (TPSA) is 66.3 Å². The van der Waals surface area contributed by atoms with Crippen molar-refractivity contribution >= 4 is 23.5 Å². The number of piperidine rings is 1. The normalized spacial score (nSPS) is 17.0. The van der Waals surface area contributed by atoms with E-state index in [0.717, 1.165) is 5.56 Å². The van der Waals surface area contributed by atoms with E-state index in [4.69, 9.17) is 11.6 Å². The lowest BCUT2D eigenvalue weighted by atomic mass is 9.74. The van der Waals surface area contributed by atoms with Gasteiger partial charge in [-0.1, -0.05) is 23.7 Å². The number of aliphatic carboxylic acids is 1. The van der Waals surface area contributed by atoms with Crippen molar-refractivity contribution in [3.05, 3.63) is 53.3 Å². The first-order valence-corrected chi connectivity index (χ1v) is 7.97. The molecule has 1 aliphatic rings. The van der Waals surface area contributed by atoms with Crippen LogP contribution in [0.25, 0.3) is 0 Å². The molecule has 0 radical (unpaired) electrons. The number of halogens is 1. The van der Waals surface area contributed by atoms with Gasteiger partial charge in [0.1, 0.15) is 0 Å². The Morgan fingerprint density at radius 1 is 1.17 bits per heavy atom. The van der Waals surface area contributed by atoms with E-state index in [1.54, 1.807) is 30.6 Å². The van der Waals surface area contributed by atoms with Crippen LogP contribution in [0.15, 0.2) is 42.7 Å². The maximum atomic E-state index is 11.9. The quantitative estimate of drug-likeness (QED) is 0.932. The van der Waals surface area contributed by atoms with E-state index in [-0.39, 0.29) is 0 Å². The van der Waals surface area contributed by atoms with Crippen LogP contribution in [0.5, 0.6) is 0 Å². The third-order valence-electron chi connectivity index (χ3n) is 4.46. The van der Waals surface area contributed by atoms with Crippen LogP contribution in [-0.4, -0.2) is 34.1 Å². The molecule has 0 saturated carbocycles. The van der Waals surface area contributed by atoms with Gasteiger partial charge in [0.25, 0.3) is 0 Å². The lowest BCUT2D eigenvalue weighted by Crippen LogP contribution is -2.46. The Hall–Kier alpha value is -2.14. The van der Waals surface area contributed by atoms with Crippen LogP contribution < -0.4 is 4.90 Å². The molecule has 120 valence electrons. The minimum atomic E-state index is -0.737. The minimum absolute atomic E-state index is 0.517. The van der Waals surface area contributed by atoms with Crippen LogP contribution in [0.3, 0.4) is 0 Å². The summed E-state index contributed by atoms with van der Waals surface area (Å²) in [5, 5.41) is 10.4. The van der Waals surface area contributed by atoms with Gasteiger partial charge in [-0.05, 0) is 43.0 Å². The van der Waals surface area contributed by atoms with Gasteiger partial charge in [0.05, 0.1) is 5.41 Å². The average Bonchev–Trinajstić information content (AvgIpc) is 2.58. The number of carboxylic acid groups (broad SMARTS) is 1. The summed E-state index contributed by atoms with van der Waals surface area (Å²) >= 11 is 5.90. The Morgan fingerprint density at radius 3 is 2.35 bits per heavy atom. The molecule has 1 saturated heterocycles. The van der Waals surface area contributed by atoms with Gasteiger partial charge in [-0.15, -0.1) is 0 Å². The van der Waals surface area contributed by atoms with E-state index >= 15 is 0 Å². The average molecular weight is 332 g/mol. The summed E-state index contributed by atoms with van der Waals surface area (Å²) in [4.78, 5) is 22.4. The summed E-state index contributed by atoms with van der Waals surface area (Å²) < 4.78 is 0. The van der Waals surface area contributed by atoms with Crippen molar-refractivity contribution in [2.45, 2.75) is 19.3 Å². The number of hydrogen-bond acceptors (Lipinski definition) is 4. The van der Waals surface area contributed by atoms with E-state index in [9.17, 15) is 9.90 Å². The van der Waals surface area contributed by atoms with Gasteiger partial charge in [-0.3, -0.25) is 4.79 Å². The van der Waals surface area contributed by atoms with Gasteiger partial charge in [0.15, 0.2) is 0 Å². The molecule has 1 aliphatic heterocycles. The Bertz CT molecular complexity index is 668. The molecule has 2 heterocycles. The molecule has 0 aliphatic carbocycles. The van der Waals surface area contributed by atoms with Crippen LogP contribution in [0.1, 0.15) is 18.4 Å². The van der Waals surface area contributed by atoms with Gasteiger partial charge in [0.2, 0.25) is 5.95 Å². The van der Waals surface area contributed by atoms with Crippen molar-refractivity contribution in [2.24, 2.45) is 5.41 Å². The number of nitrogens with zero attached hydrogens (tertiary/aromatic N) is 3. The maximum absolute atomic E-state index is 11.9. The minimum Gasteiger partial charge on any atom is -0.481 e. The molecule has 0 unspecified atom stereocenters. The second kappa shape index (κ2) is 6.54. The van der Waals surface area contributed by atoms with Crippen molar-refractivity contribution in [3.8, 4) is 0 Å². The standard InChI is InChI=1S/C17H18ClN3O2/c18-14-4-2-13(3-5-14)12-17(15(22)23)6-10-21(11-7-17)16-19-8-1-9-20-16/h1-5,8-9H,6-7,10-12H2,(H,22,23). The first-order chi connectivity index (χ1) is 11.1. The molecular weight excluding hydrogens is 314 g/mol. The fourth-order valence-electron chi connectivity index (χ4n) is 3.05. The van der Waals surface area contributed by atoms with Crippen molar-refractivity contribution in [2.75, 3.05) is 18.0 Å². The highest BCUT2D eigenvalue weighted by atomic mass is 35.5. The summed E-state index contributed by atoms with van der Waals surface area (Å²) in [6.07, 6.45) is 5.07. The van der Waals surface area contributed by atoms with Crippen LogP contribution in [0, 0.1) is 5.41 Å². The van der Waals surface area contributed by atoms with Crippen LogP contribution in [0.4, 0.5) is 5.95 Å². The number of anilines is 1. The third kappa shape index (κ3) is 3.45. The zero-order valence-electron chi connectivity index (χ0n) is 12.7. The molecule has 3 rings (SSSR count). The van der Waals surface area contributed by atoms with E-state index in [1.807, 2.05) is 17.0 Å². The van der Waals surface area contributed by atoms with Gasteiger partial charge in [-0.2, -0.15) is 0 Å². The molecule has 2 aromatic rings. The second-order valence-corrected chi connectivity index (χ2v) is 6.36. The summed E-state index contributed by atoms with van der Waals surface area (Å²) in [5.41, 5.74) is 0.264. The molecule has 0 bridgehead atoms. The van der Waals surface area contributed by atoms with Crippen molar-refractivity contribution in [1.82, 2.24) is 9.97 Å². The molecule has 0 atom stereocenters. The molecule has 5 nitrogen and oxygen atoms in total. The summed E-state index contributed by atoms with van der Waals surface area (Å²) in [5.74, 6) is -0.0703. The van der Waals surface area contributed by atoms with Gasteiger partial charge in [0, 0.05) is 30.5 Å². The van der Waals surface area contributed by atoms with Gasteiger partial charge < -0.3 is 10.0 Å². The highest BCUT2D eigenvalue weighted by Crippen LogP contribution is 2.36. The fourth-order valence-corrected chi connectivity index (χ4v) is 3.17. The molecule has 0 amide bonds. The van der Waals surface area contributed by atoms with E-state index < -0.39 is 11.4 Å². The van der Waals surface area contributed by atoms with Crippen molar-refractivity contribution in [3.63, 3.8) is 0 Å². The van der Waals surface area contributed by atoms with Crippen LogP contribution in [-0.2, 0) is 11.2 Å². The lowest BCUT2D eigenvalue weighted by molar-refractivity contribution is -0.150. The second-order valence-electron chi connectivity index (χ2n) is 5.92. The van der Waals surface area contributed by atoms with Crippen molar-refractivity contribution in [1.29, 1.82) is 0 Å². The maximum Gasteiger partial charge on any atom is 0.310 e. The highest BCUT2D eigenvalue weighted by Gasteiger charge is 2.42. The first kappa shape index (κ1) is 15.7. The predicted octanol–water partition coefficient (Wildman–Crippen LogP) is 3.04. The van der Waals surface area contributed by atoms with E-state index in [0.29, 0.717) is 43.3 Å². The monoisotopic (exact) mass is 331 g/mol. The number of carboxylic acids is 1. The molecule has 23 heavy (non-hydrogen) atoms. The molecule has 1 N–H and O–H groups in total. The smallest absolute Gasteiger partial charge is 0.310 e. The Balaban J connectivity index is 1.74. The fraction of sp³-hybridized carbons (Fsp3) is 0.353. The summed E-state index contributed by atoms with van der Waals surface area (Å²) in [6, 6.07) is 9.19. The van der Waals surface area contributed by atoms with E-state index in [1.165, 1.54) is 0 Å². The lowest BCUT2D eigenvalue weighted by Gasteiger charge is -2.39. The summed E-state index contributed by atoms with van der Waals surface area (Å²) in [6.45, 7) is 1.29. The summed E-state index contributed by atoms with van der Waals surface area (Å²) in [7, 11) is 0.